The predicted octanol–water partition coefficient (Wildman–Crippen LogP) is 6.23. The topological polar surface area (TPSA) is 62.1 Å². The Hall–Kier alpha value is -3.07. The molecule has 1 amide bonds. The highest BCUT2D eigenvalue weighted by Gasteiger charge is 2.10. The Labute approximate surface area is 182 Å². The first kappa shape index (κ1) is 20.7. The summed E-state index contributed by atoms with van der Waals surface area (Å²) in [6, 6.07) is 23.7. The minimum absolute atomic E-state index is 0.00899. The summed E-state index contributed by atoms with van der Waals surface area (Å²) in [4.78, 5) is 12.4. The summed E-state index contributed by atoms with van der Waals surface area (Å²) in [5, 5.41) is 12.7. The van der Waals surface area contributed by atoms with Crippen LogP contribution in [0.2, 0.25) is 5.02 Å². The molecule has 0 heterocycles. The van der Waals surface area contributed by atoms with Gasteiger partial charge < -0.3 is 10.1 Å². The molecular formula is C23H16BrClN2O2. The lowest BCUT2D eigenvalue weighted by Crippen LogP contribution is -2.13. The normalized spacial score (nSPS) is 10.9. The number of anilines is 1. The Bertz CT molecular complexity index is 1090. The van der Waals surface area contributed by atoms with Crippen LogP contribution in [0.1, 0.15) is 11.1 Å². The maximum atomic E-state index is 12.4. The summed E-state index contributed by atoms with van der Waals surface area (Å²) in [5.41, 5.74) is 2.23. The highest BCUT2D eigenvalue weighted by Crippen LogP contribution is 2.20. The lowest BCUT2D eigenvalue weighted by atomic mass is 10.1. The van der Waals surface area contributed by atoms with Crippen LogP contribution in [0.5, 0.6) is 5.75 Å². The number of amides is 1. The Morgan fingerprint density at radius 2 is 1.86 bits per heavy atom. The summed E-state index contributed by atoms with van der Waals surface area (Å²) in [7, 11) is 0. The van der Waals surface area contributed by atoms with Gasteiger partial charge in [-0.1, -0.05) is 63.9 Å². The van der Waals surface area contributed by atoms with Gasteiger partial charge in [-0.15, -0.1) is 0 Å². The third kappa shape index (κ3) is 5.95. The minimum Gasteiger partial charge on any atom is -0.489 e. The monoisotopic (exact) mass is 466 g/mol. The molecule has 0 aliphatic rings. The molecule has 0 saturated heterocycles. The number of hydrogen-bond acceptors (Lipinski definition) is 3. The van der Waals surface area contributed by atoms with Crippen LogP contribution in [-0.2, 0) is 11.4 Å². The van der Waals surface area contributed by atoms with Gasteiger partial charge in [-0.05, 0) is 48.0 Å². The van der Waals surface area contributed by atoms with Crippen molar-refractivity contribution >= 4 is 45.2 Å². The number of carbonyl (C=O) groups excluding carboxylic acids is 1. The molecule has 0 fully saturated rings. The number of nitrogens with one attached hydrogen (secondary N) is 1. The van der Waals surface area contributed by atoms with Crippen LogP contribution in [0, 0.1) is 11.3 Å². The van der Waals surface area contributed by atoms with Crippen molar-refractivity contribution in [2.24, 2.45) is 0 Å². The number of halogens is 2. The van der Waals surface area contributed by atoms with Gasteiger partial charge in [0, 0.05) is 20.7 Å². The predicted molar refractivity (Wildman–Crippen MR) is 119 cm³/mol. The molecule has 6 heteroatoms. The smallest absolute Gasteiger partial charge is 0.266 e. The van der Waals surface area contributed by atoms with Crippen LogP contribution in [0.15, 0.2) is 82.8 Å². The third-order valence-electron chi connectivity index (χ3n) is 3.99. The molecule has 3 rings (SSSR count). The van der Waals surface area contributed by atoms with Crippen molar-refractivity contribution in [1.29, 1.82) is 5.26 Å². The van der Waals surface area contributed by atoms with Crippen LogP contribution in [0.25, 0.3) is 6.08 Å². The van der Waals surface area contributed by atoms with Crippen molar-refractivity contribution in [3.05, 3.63) is 99.0 Å². The number of carbonyl (C=O) groups is 1. The van der Waals surface area contributed by atoms with E-state index in [2.05, 4.69) is 21.2 Å². The zero-order valence-corrected chi connectivity index (χ0v) is 17.6. The van der Waals surface area contributed by atoms with Crippen molar-refractivity contribution in [3.8, 4) is 11.8 Å². The number of ether oxygens (including phenoxy) is 1. The molecule has 0 atom stereocenters. The van der Waals surface area contributed by atoms with E-state index in [1.807, 2.05) is 36.4 Å². The molecule has 3 aromatic carbocycles. The largest absolute Gasteiger partial charge is 0.489 e. The Morgan fingerprint density at radius 1 is 1.10 bits per heavy atom. The van der Waals surface area contributed by atoms with Crippen LogP contribution >= 0.6 is 27.5 Å². The van der Waals surface area contributed by atoms with Crippen molar-refractivity contribution in [2.45, 2.75) is 6.61 Å². The number of hydrogen-bond donors (Lipinski definition) is 1. The van der Waals surface area contributed by atoms with Gasteiger partial charge in [-0.25, -0.2) is 0 Å². The molecule has 0 radical (unpaired) electrons. The van der Waals surface area contributed by atoms with Gasteiger partial charge in [-0.3, -0.25) is 4.79 Å². The van der Waals surface area contributed by atoms with E-state index in [4.69, 9.17) is 16.3 Å². The van der Waals surface area contributed by atoms with Gasteiger partial charge in [-0.2, -0.15) is 5.26 Å². The van der Waals surface area contributed by atoms with Crippen LogP contribution < -0.4 is 10.1 Å². The molecule has 4 nitrogen and oxygen atoms in total. The van der Waals surface area contributed by atoms with E-state index in [-0.39, 0.29) is 5.57 Å². The molecule has 0 aliphatic carbocycles. The van der Waals surface area contributed by atoms with Crippen LogP contribution in [-0.4, -0.2) is 5.91 Å². The first-order valence-corrected chi connectivity index (χ1v) is 9.87. The molecule has 0 aromatic heterocycles. The Morgan fingerprint density at radius 3 is 2.55 bits per heavy atom. The van der Waals surface area contributed by atoms with E-state index in [1.165, 1.54) is 6.08 Å². The SMILES string of the molecule is N#C/C(=C/c1ccc(OCc2ccccc2Cl)cc1)C(=O)Nc1cccc(Br)c1. The fourth-order valence-corrected chi connectivity index (χ4v) is 3.11. The second kappa shape index (κ2) is 9.92. The Balaban J connectivity index is 1.66. The second-order valence-corrected chi connectivity index (χ2v) is 7.41. The molecule has 1 N–H and O–H groups in total. The molecule has 0 bridgehead atoms. The average molecular weight is 468 g/mol. The van der Waals surface area contributed by atoms with Crippen molar-refractivity contribution in [3.63, 3.8) is 0 Å². The van der Waals surface area contributed by atoms with Crippen molar-refractivity contribution in [1.82, 2.24) is 0 Å². The first-order valence-electron chi connectivity index (χ1n) is 8.70. The Kier molecular flexibility index (Phi) is 7.07. The van der Waals surface area contributed by atoms with Gasteiger partial charge in [0.25, 0.3) is 5.91 Å². The molecule has 0 saturated carbocycles. The first-order chi connectivity index (χ1) is 14.0. The van der Waals surface area contributed by atoms with E-state index in [0.717, 1.165) is 15.6 Å². The molecule has 29 heavy (non-hydrogen) atoms. The molecular weight excluding hydrogens is 452 g/mol. The number of nitrogens with zero attached hydrogens (tertiary/aromatic N) is 1. The average Bonchev–Trinajstić information content (AvgIpc) is 2.72. The van der Waals surface area contributed by atoms with E-state index < -0.39 is 5.91 Å². The molecule has 144 valence electrons. The fourth-order valence-electron chi connectivity index (χ4n) is 2.52. The zero-order valence-electron chi connectivity index (χ0n) is 15.2. The fraction of sp³-hybridized carbons (Fsp3) is 0.0435. The van der Waals surface area contributed by atoms with E-state index >= 15 is 0 Å². The van der Waals surface area contributed by atoms with E-state index in [0.29, 0.717) is 23.1 Å². The van der Waals surface area contributed by atoms with Gasteiger partial charge >= 0.3 is 0 Å². The van der Waals surface area contributed by atoms with E-state index in [1.54, 1.807) is 42.5 Å². The third-order valence-corrected chi connectivity index (χ3v) is 4.85. The second-order valence-electron chi connectivity index (χ2n) is 6.08. The zero-order chi connectivity index (χ0) is 20.6. The molecule has 0 spiro atoms. The van der Waals surface area contributed by atoms with E-state index in [9.17, 15) is 10.1 Å². The maximum Gasteiger partial charge on any atom is 0.266 e. The van der Waals surface area contributed by atoms with Crippen LogP contribution in [0.4, 0.5) is 5.69 Å². The summed E-state index contributed by atoms with van der Waals surface area (Å²) in [5.74, 6) is 0.198. The van der Waals surface area contributed by atoms with Gasteiger partial charge in [0.05, 0.1) is 0 Å². The highest BCUT2D eigenvalue weighted by atomic mass is 79.9. The van der Waals surface area contributed by atoms with Crippen molar-refractivity contribution < 1.29 is 9.53 Å². The number of nitriles is 1. The van der Waals surface area contributed by atoms with Crippen molar-refractivity contribution in [2.75, 3.05) is 5.32 Å². The summed E-state index contributed by atoms with van der Waals surface area (Å²) < 4.78 is 6.58. The lowest BCUT2D eigenvalue weighted by molar-refractivity contribution is -0.112. The lowest BCUT2D eigenvalue weighted by Gasteiger charge is -2.08. The van der Waals surface area contributed by atoms with Gasteiger partial charge in [0.1, 0.15) is 24.0 Å². The van der Waals surface area contributed by atoms with Crippen LogP contribution in [0.3, 0.4) is 0 Å². The maximum absolute atomic E-state index is 12.4. The molecule has 0 unspecified atom stereocenters. The minimum atomic E-state index is -0.468. The molecule has 3 aromatic rings. The standard InChI is InChI=1S/C23H16BrClN2O2/c24-19-5-3-6-20(13-19)27-23(28)18(14-26)12-16-8-10-21(11-9-16)29-15-17-4-1-2-7-22(17)25/h1-13H,15H2,(H,27,28)/b18-12-. The molecule has 0 aliphatic heterocycles. The summed E-state index contributed by atoms with van der Waals surface area (Å²) in [6.45, 7) is 0.355. The number of rotatable bonds is 6. The number of benzene rings is 3. The highest BCUT2D eigenvalue weighted by molar-refractivity contribution is 9.10. The summed E-state index contributed by atoms with van der Waals surface area (Å²) in [6.07, 6.45) is 1.53. The van der Waals surface area contributed by atoms with Gasteiger partial charge in [0.15, 0.2) is 0 Å². The van der Waals surface area contributed by atoms with Gasteiger partial charge in [0.2, 0.25) is 0 Å². The quantitative estimate of drug-likeness (QED) is 0.345. The summed E-state index contributed by atoms with van der Waals surface area (Å²) >= 11 is 9.47.